The van der Waals surface area contributed by atoms with Gasteiger partial charge in [0.15, 0.2) is 0 Å². The van der Waals surface area contributed by atoms with E-state index >= 15 is 0 Å². The number of rotatable bonds is 11. The molecular weight excluding hydrogens is 459 g/mol. The molecule has 0 aliphatic rings. The fraction of sp³-hybridized carbons (Fsp3) is 0.276. The maximum Gasteiger partial charge on any atom is 0.306 e. The summed E-state index contributed by atoms with van der Waals surface area (Å²) in [6, 6.07) is 22.9. The SMILES string of the molecule is NC(CO)(CO)COC(=O)CCc1ccc2c(c1)c(CCc1ccc(F)cc1)cn2-c1ccccc1. The molecule has 0 aliphatic carbocycles. The van der Waals surface area contributed by atoms with Crippen LogP contribution in [0.5, 0.6) is 0 Å². The number of nitrogens with two attached hydrogens (primary N) is 1. The van der Waals surface area contributed by atoms with Gasteiger partial charge < -0.3 is 25.3 Å². The van der Waals surface area contributed by atoms with Gasteiger partial charge in [0.2, 0.25) is 0 Å². The number of aliphatic hydroxyl groups excluding tert-OH is 2. The molecule has 0 spiro atoms. The van der Waals surface area contributed by atoms with Gasteiger partial charge in [-0.25, -0.2) is 4.39 Å². The molecule has 188 valence electrons. The summed E-state index contributed by atoms with van der Waals surface area (Å²) in [5, 5.41) is 19.6. The van der Waals surface area contributed by atoms with Crippen molar-refractivity contribution in [2.45, 2.75) is 31.2 Å². The normalized spacial score (nSPS) is 11.7. The Morgan fingerprint density at radius 2 is 1.61 bits per heavy atom. The van der Waals surface area contributed by atoms with Crippen LogP contribution in [-0.4, -0.2) is 46.1 Å². The van der Waals surface area contributed by atoms with Crippen molar-refractivity contribution < 1.29 is 24.1 Å². The van der Waals surface area contributed by atoms with Gasteiger partial charge in [-0.05, 0) is 72.4 Å². The van der Waals surface area contributed by atoms with E-state index in [1.54, 1.807) is 0 Å². The van der Waals surface area contributed by atoms with Crippen molar-refractivity contribution in [3.8, 4) is 5.69 Å². The number of hydrogen-bond acceptors (Lipinski definition) is 5. The third kappa shape index (κ3) is 6.18. The molecule has 4 rings (SSSR count). The molecule has 1 heterocycles. The molecule has 0 saturated carbocycles. The van der Waals surface area contributed by atoms with E-state index in [1.807, 2.05) is 36.4 Å². The van der Waals surface area contributed by atoms with Crippen LogP contribution in [0.25, 0.3) is 16.6 Å². The van der Waals surface area contributed by atoms with Crippen LogP contribution in [-0.2, 0) is 28.8 Å². The number of nitrogens with zero attached hydrogens (tertiary/aromatic N) is 1. The summed E-state index contributed by atoms with van der Waals surface area (Å²) >= 11 is 0. The molecule has 6 nitrogen and oxygen atoms in total. The second kappa shape index (κ2) is 11.5. The first-order valence-corrected chi connectivity index (χ1v) is 12.0. The highest BCUT2D eigenvalue weighted by Gasteiger charge is 2.25. The van der Waals surface area contributed by atoms with Crippen molar-refractivity contribution in [3.63, 3.8) is 0 Å². The van der Waals surface area contributed by atoms with E-state index in [0.717, 1.165) is 40.6 Å². The number of para-hydroxylation sites is 1. The van der Waals surface area contributed by atoms with Crippen molar-refractivity contribution >= 4 is 16.9 Å². The number of carbonyl (C=O) groups excluding carboxylic acids is 1. The van der Waals surface area contributed by atoms with Gasteiger partial charge >= 0.3 is 5.97 Å². The van der Waals surface area contributed by atoms with E-state index < -0.39 is 24.7 Å². The molecule has 3 aromatic carbocycles. The maximum atomic E-state index is 13.3. The minimum atomic E-state index is -1.34. The van der Waals surface area contributed by atoms with Gasteiger partial charge in [-0.15, -0.1) is 0 Å². The van der Waals surface area contributed by atoms with Gasteiger partial charge in [-0.3, -0.25) is 4.79 Å². The average molecular weight is 491 g/mol. The number of aromatic nitrogens is 1. The highest BCUT2D eigenvalue weighted by molar-refractivity contribution is 5.86. The molecule has 0 saturated heterocycles. The van der Waals surface area contributed by atoms with Crippen LogP contribution in [0.15, 0.2) is 79.0 Å². The highest BCUT2D eigenvalue weighted by atomic mass is 19.1. The predicted molar refractivity (Wildman–Crippen MR) is 137 cm³/mol. The monoisotopic (exact) mass is 490 g/mol. The zero-order valence-electron chi connectivity index (χ0n) is 20.1. The van der Waals surface area contributed by atoms with Crippen molar-refractivity contribution in [1.29, 1.82) is 0 Å². The Labute approximate surface area is 209 Å². The lowest BCUT2D eigenvalue weighted by atomic mass is 10.0. The summed E-state index contributed by atoms with van der Waals surface area (Å²) in [5.74, 6) is -0.683. The lowest BCUT2D eigenvalue weighted by Gasteiger charge is -2.23. The number of aliphatic hydroxyl groups is 2. The third-order valence-electron chi connectivity index (χ3n) is 6.35. The highest BCUT2D eigenvalue weighted by Crippen LogP contribution is 2.28. The fourth-order valence-electron chi connectivity index (χ4n) is 4.12. The molecule has 1 aromatic heterocycles. The third-order valence-corrected chi connectivity index (χ3v) is 6.35. The molecular formula is C29H31FN2O4. The van der Waals surface area contributed by atoms with Crippen molar-refractivity contribution in [2.75, 3.05) is 19.8 Å². The largest absolute Gasteiger partial charge is 0.464 e. The van der Waals surface area contributed by atoms with E-state index in [9.17, 15) is 19.4 Å². The van der Waals surface area contributed by atoms with Crippen LogP contribution in [0.4, 0.5) is 4.39 Å². The Bertz CT molecular complexity index is 1300. The van der Waals surface area contributed by atoms with Gasteiger partial charge in [-0.2, -0.15) is 0 Å². The van der Waals surface area contributed by atoms with E-state index in [1.165, 1.54) is 17.7 Å². The number of carbonyl (C=O) groups is 1. The molecule has 0 aliphatic heterocycles. The molecule has 0 fully saturated rings. The van der Waals surface area contributed by atoms with Crippen LogP contribution in [0.2, 0.25) is 0 Å². The number of aryl methyl sites for hydroxylation is 3. The zero-order chi connectivity index (χ0) is 25.5. The number of benzene rings is 3. The van der Waals surface area contributed by atoms with Crippen LogP contribution in [0.1, 0.15) is 23.1 Å². The Morgan fingerprint density at radius 3 is 2.31 bits per heavy atom. The van der Waals surface area contributed by atoms with Crippen LogP contribution < -0.4 is 5.73 Å². The van der Waals surface area contributed by atoms with Crippen molar-refractivity contribution in [1.82, 2.24) is 4.57 Å². The predicted octanol–water partition coefficient (Wildman–Crippen LogP) is 3.71. The Hall–Kier alpha value is -3.52. The molecule has 36 heavy (non-hydrogen) atoms. The Balaban J connectivity index is 1.53. The number of fused-ring (bicyclic) bond motifs is 1. The van der Waals surface area contributed by atoms with Crippen LogP contribution in [0, 0.1) is 5.82 Å². The van der Waals surface area contributed by atoms with Gasteiger partial charge in [0, 0.05) is 23.7 Å². The minimum Gasteiger partial charge on any atom is -0.464 e. The van der Waals surface area contributed by atoms with Crippen molar-refractivity contribution in [2.24, 2.45) is 5.73 Å². The van der Waals surface area contributed by atoms with Crippen LogP contribution in [0.3, 0.4) is 0 Å². The van der Waals surface area contributed by atoms with E-state index in [4.69, 9.17) is 10.5 Å². The summed E-state index contributed by atoms with van der Waals surface area (Å²) in [5.41, 5.74) is 9.78. The first-order valence-electron chi connectivity index (χ1n) is 12.0. The minimum absolute atomic E-state index is 0.156. The molecule has 0 bridgehead atoms. The lowest BCUT2D eigenvalue weighted by molar-refractivity contribution is -0.146. The van der Waals surface area contributed by atoms with Gasteiger partial charge in [0.1, 0.15) is 12.4 Å². The molecule has 0 atom stereocenters. The van der Waals surface area contributed by atoms with E-state index in [0.29, 0.717) is 6.42 Å². The van der Waals surface area contributed by atoms with Crippen LogP contribution >= 0.6 is 0 Å². The molecule has 4 aromatic rings. The summed E-state index contributed by atoms with van der Waals surface area (Å²) in [4.78, 5) is 12.2. The first-order chi connectivity index (χ1) is 17.4. The number of esters is 1. The topological polar surface area (TPSA) is 97.7 Å². The Morgan fingerprint density at radius 1 is 0.917 bits per heavy atom. The molecule has 7 heteroatoms. The Kier molecular flexibility index (Phi) is 8.15. The summed E-state index contributed by atoms with van der Waals surface area (Å²) in [6.07, 6.45) is 4.35. The zero-order valence-corrected chi connectivity index (χ0v) is 20.1. The van der Waals surface area contributed by atoms with E-state index in [-0.39, 0.29) is 18.8 Å². The average Bonchev–Trinajstić information content (AvgIpc) is 3.28. The molecule has 0 radical (unpaired) electrons. The van der Waals surface area contributed by atoms with Gasteiger partial charge in [0.05, 0.1) is 24.3 Å². The summed E-state index contributed by atoms with van der Waals surface area (Å²) < 4.78 is 20.6. The lowest BCUT2D eigenvalue weighted by Crippen LogP contribution is -2.51. The molecule has 4 N–H and O–H groups in total. The quantitative estimate of drug-likeness (QED) is 0.279. The molecule has 0 unspecified atom stereocenters. The smallest absolute Gasteiger partial charge is 0.306 e. The van der Waals surface area contributed by atoms with Gasteiger partial charge in [-0.1, -0.05) is 36.4 Å². The number of hydrogen-bond donors (Lipinski definition) is 3. The second-order valence-electron chi connectivity index (χ2n) is 9.18. The van der Waals surface area contributed by atoms with Crippen molar-refractivity contribution in [3.05, 3.63) is 102 Å². The summed E-state index contributed by atoms with van der Waals surface area (Å²) in [6.45, 7) is -1.20. The molecule has 0 amide bonds. The fourth-order valence-corrected chi connectivity index (χ4v) is 4.12. The second-order valence-corrected chi connectivity index (χ2v) is 9.18. The first kappa shape index (κ1) is 25.6. The van der Waals surface area contributed by atoms with Gasteiger partial charge in [0.25, 0.3) is 0 Å². The summed E-state index contributed by atoms with van der Waals surface area (Å²) in [7, 11) is 0. The maximum absolute atomic E-state index is 13.3. The van der Waals surface area contributed by atoms with E-state index in [2.05, 4.69) is 35.0 Å². The number of ether oxygens (including phenoxy) is 1. The standard InChI is InChI=1S/C29H31FN2O4/c30-24-12-7-21(8-13-24)6-11-23-17-32(25-4-2-1-3-5-25)27-14-9-22(16-26(23)27)10-15-28(35)36-20-29(31,18-33)19-34/h1-5,7-9,12-14,16-17,33-34H,6,10-11,15,18-20,31H2. The number of halogens is 1.